The summed E-state index contributed by atoms with van der Waals surface area (Å²) in [5.41, 5.74) is 6.76. The number of nitro groups is 1. The summed E-state index contributed by atoms with van der Waals surface area (Å²) >= 11 is 12.1. The summed E-state index contributed by atoms with van der Waals surface area (Å²) in [5, 5.41) is 43.6. The Hall–Kier alpha value is -3.47. The molecule has 0 radical (unpaired) electrons. The molecule has 2 aromatic carbocycles. The van der Waals surface area contributed by atoms with Crippen LogP contribution in [0.2, 0.25) is 0 Å². The molecule has 0 spiro atoms. The maximum absolute atomic E-state index is 12.3. The van der Waals surface area contributed by atoms with Crippen LogP contribution in [0.25, 0.3) is 0 Å². The maximum atomic E-state index is 12.3. The van der Waals surface area contributed by atoms with Gasteiger partial charge in [-0.15, -0.1) is 11.8 Å². The first-order valence-electron chi connectivity index (χ1n) is 13.1. The van der Waals surface area contributed by atoms with Crippen molar-refractivity contribution in [1.82, 2.24) is 15.5 Å². The second-order valence-electron chi connectivity index (χ2n) is 10.4. The average Bonchev–Trinajstić information content (AvgIpc) is 3.25. The molecule has 2 aliphatic heterocycles. The number of aliphatic hydroxyl groups excluding tert-OH is 2. The fourth-order valence-corrected chi connectivity index (χ4v) is 6.45. The molecule has 0 saturated carbocycles. The molecule has 17 heteroatoms. The van der Waals surface area contributed by atoms with E-state index in [2.05, 4.69) is 10.6 Å². The molecule has 2 aromatic rings. The number of β-lactam (4-membered cyclic amide) rings is 1. The second-order valence-corrected chi connectivity index (χ2v) is 13.2. The number of carboxylic acids is 1. The van der Waals surface area contributed by atoms with E-state index < -0.39 is 69.2 Å². The Morgan fingerprint density at radius 3 is 2.18 bits per heavy atom. The van der Waals surface area contributed by atoms with Crippen molar-refractivity contribution in [1.29, 1.82) is 0 Å². The molecular weight excluding hydrogens is 641 g/mol. The summed E-state index contributed by atoms with van der Waals surface area (Å²) in [6.45, 7) is 3.03. The summed E-state index contributed by atoms with van der Waals surface area (Å²) in [5.74, 6) is -2.61. The minimum atomic E-state index is -1.33. The highest BCUT2D eigenvalue weighted by Gasteiger charge is 2.64. The van der Waals surface area contributed by atoms with E-state index in [-0.39, 0.29) is 17.0 Å². The van der Waals surface area contributed by atoms with Gasteiger partial charge in [0.1, 0.15) is 29.6 Å². The topological polar surface area (TPSA) is 225 Å². The van der Waals surface area contributed by atoms with Gasteiger partial charge in [0.2, 0.25) is 11.8 Å². The first-order valence-corrected chi connectivity index (χ1v) is 14.8. The number of carbonyl (C=O) groups is 4. The number of fused-ring (bicyclic) bond motifs is 1. The van der Waals surface area contributed by atoms with E-state index in [0.717, 1.165) is 0 Å². The Labute approximate surface area is 266 Å². The van der Waals surface area contributed by atoms with Crippen molar-refractivity contribution in [2.45, 2.75) is 59.1 Å². The zero-order chi connectivity index (χ0) is 32.9. The van der Waals surface area contributed by atoms with Crippen LogP contribution in [0, 0.1) is 10.1 Å². The Bertz CT molecular complexity index is 1380. The maximum Gasteiger partial charge on any atom is 0.327 e. The minimum absolute atomic E-state index is 0.132. The number of thioether (sulfide) groups is 1. The molecular formula is C27H31Cl2N5O9S. The highest BCUT2D eigenvalue weighted by Crippen LogP contribution is 2.50. The average molecular weight is 673 g/mol. The van der Waals surface area contributed by atoms with Crippen molar-refractivity contribution < 1.29 is 39.4 Å². The lowest BCUT2D eigenvalue weighted by atomic mass is 9.95. The van der Waals surface area contributed by atoms with E-state index in [1.165, 1.54) is 40.9 Å². The zero-order valence-electron chi connectivity index (χ0n) is 23.4. The minimum Gasteiger partial charge on any atom is -0.480 e. The van der Waals surface area contributed by atoms with Crippen LogP contribution in [0.5, 0.6) is 0 Å². The number of aliphatic carboxylic acids is 1. The van der Waals surface area contributed by atoms with Crippen LogP contribution >= 0.6 is 35.0 Å². The molecule has 4 rings (SSSR count). The van der Waals surface area contributed by atoms with Gasteiger partial charge in [-0.2, -0.15) is 0 Å². The molecule has 0 aromatic heterocycles. The molecule has 7 N–H and O–H groups in total. The van der Waals surface area contributed by atoms with Gasteiger partial charge >= 0.3 is 5.97 Å². The molecule has 238 valence electrons. The van der Waals surface area contributed by atoms with Gasteiger partial charge in [0.25, 0.3) is 11.6 Å². The number of rotatable bonds is 10. The molecule has 2 fully saturated rings. The normalized spacial score (nSPS) is 22.0. The predicted octanol–water partition coefficient (Wildman–Crippen LogP) is 1.23. The molecule has 6 atom stereocenters. The van der Waals surface area contributed by atoms with Crippen LogP contribution in [0.3, 0.4) is 0 Å². The lowest BCUT2D eigenvalue weighted by Gasteiger charge is -2.43. The van der Waals surface area contributed by atoms with Gasteiger partial charge in [0.15, 0.2) is 4.84 Å². The third kappa shape index (κ3) is 7.78. The summed E-state index contributed by atoms with van der Waals surface area (Å²) < 4.78 is -0.618. The lowest BCUT2D eigenvalue weighted by molar-refractivity contribution is -0.384. The number of non-ortho nitro benzene ring substituents is 1. The molecule has 2 heterocycles. The fourth-order valence-electron chi connectivity index (χ4n) is 4.70. The summed E-state index contributed by atoms with van der Waals surface area (Å²) in [6, 6.07) is 10.4. The highest BCUT2D eigenvalue weighted by molar-refractivity contribution is 8.01. The third-order valence-electron chi connectivity index (χ3n) is 6.96. The number of alkyl halides is 2. The van der Waals surface area contributed by atoms with Gasteiger partial charge in [-0.25, -0.2) is 4.79 Å². The molecule has 44 heavy (non-hydrogen) atoms. The number of benzene rings is 2. The molecule has 3 amide bonds. The van der Waals surface area contributed by atoms with E-state index in [9.17, 15) is 39.5 Å². The van der Waals surface area contributed by atoms with Gasteiger partial charge in [-0.05, 0) is 37.1 Å². The number of carboxylic acid groups (broad SMARTS) is 1. The standard InChI is InChI=1S/C16H19N3O4S.C11H12Cl2N2O5/c1-16(2)11(15(22)23)19-13(21)10(14(19)24-16)18-12(20)9(17)8-6-4-3-5-7-8;12-10(13)11(18)14-8(5-16)9(17)6-1-3-7(4-2-6)15(19)20/h3-7,9-11,14H,17H2,1-2H3,(H,18,20)(H,22,23);1-4,8-10,16-17H,5H2,(H,14,18)/t9-,10-,11+,14-;8-,9-/m11/s1. The molecule has 0 aliphatic carbocycles. The van der Waals surface area contributed by atoms with Crippen LogP contribution in [0.4, 0.5) is 5.69 Å². The Kier molecular flexibility index (Phi) is 11.6. The first kappa shape index (κ1) is 35.0. The van der Waals surface area contributed by atoms with Gasteiger partial charge < -0.3 is 36.6 Å². The number of amides is 3. The van der Waals surface area contributed by atoms with Crippen LogP contribution in [-0.2, 0) is 19.2 Å². The SMILES string of the molecule is CC1(C)S[C@@H]2[C@H](NC(=O)[C@H](N)c3ccccc3)C(=O)N2[C@H]1C(=O)O.O=C(N[C@H](CO)[C@H](O)c1ccc([N+](=O)[O-])cc1)C(Cl)Cl. The third-order valence-corrected chi connectivity index (χ3v) is 8.93. The number of nitrogens with two attached hydrogens (primary N) is 1. The van der Waals surface area contributed by atoms with E-state index in [4.69, 9.17) is 34.0 Å². The number of carbonyl (C=O) groups excluding carboxylic acids is 3. The summed E-state index contributed by atoms with van der Waals surface area (Å²) in [7, 11) is 0. The highest BCUT2D eigenvalue weighted by atomic mass is 35.5. The van der Waals surface area contributed by atoms with Crippen molar-refractivity contribution >= 4 is 64.3 Å². The Morgan fingerprint density at radius 2 is 1.68 bits per heavy atom. The van der Waals surface area contributed by atoms with Crippen molar-refractivity contribution in [3.63, 3.8) is 0 Å². The monoisotopic (exact) mass is 671 g/mol. The second kappa shape index (κ2) is 14.5. The number of hydrogen-bond acceptors (Lipinski definition) is 10. The fraction of sp³-hybridized carbons (Fsp3) is 0.407. The van der Waals surface area contributed by atoms with Gasteiger partial charge in [0.05, 0.1) is 17.6 Å². The quantitative estimate of drug-likeness (QED) is 0.0911. The number of nitrogens with zero attached hydrogens (tertiary/aromatic N) is 2. The number of nitro benzene ring substituents is 1. The van der Waals surface area contributed by atoms with E-state index in [1.807, 2.05) is 6.07 Å². The molecule has 14 nitrogen and oxygen atoms in total. The van der Waals surface area contributed by atoms with Gasteiger partial charge in [0, 0.05) is 16.9 Å². The van der Waals surface area contributed by atoms with Crippen LogP contribution in [0.15, 0.2) is 54.6 Å². The Balaban J connectivity index is 0.000000245. The van der Waals surface area contributed by atoms with Crippen LogP contribution in [-0.4, -0.2) is 88.5 Å². The zero-order valence-corrected chi connectivity index (χ0v) is 25.7. The predicted molar refractivity (Wildman–Crippen MR) is 162 cm³/mol. The van der Waals surface area contributed by atoms with Crippen molar-refractivity contribution in [2.24, 2.45) is 5.73 Å². The number of nitrogens with one attached hydrogen (secondary N) is 2. The van der Waals surface area contributed by atoms with Crippen LogP contribution < -0.4 is 16.4 Å². The Morgan fingerprint density at radius 1 is 1.09 bits per heavy atom. The van der Waals surface area contributed by atoms with Crippen molar-refractivity contribution in [3.8, 4) is 0 Å². The van der Waals surface area contributed by atoms with E-state index >= 15 is 0 Å². The molecule has 2 aliphatic rings. The van der Waals surface area contributed by atoms with Gasteiger partial charge in [-0.1, -0.05) is 53.5 Å². The number of halogens is 2. The van der Waals surface area contributed by atoms with Crippen molar-refractivity contribution in [3.05, 3.63) is 75.8 Å². The largest absolute Gasteiger partial charge is 0.480 e. The van der Waals surface area contributed by atoms with Crippen LogP contribution in [0.1, 0.15) is 37.1 Å². The van der Waals surface area contributed by atoms with Gasteiger partial charge in [-0.3, -0.25) is 24.5 Å². The summed E-state index contributed by atoms with van der Waals surface area (Å²) in [4.78, 5) is 57.4. The first-order chi connectivity index (χ1) is 20.6. The number of hydrogen-bond donors (Lipinski definition) is 6. The lowest BCUT2D eigenvalue weighted by Crippen LogP contribution is -2.71. The number of aliphatic hydroxyl groups is 2. The van der Waals surface area contributed by atoms with E-state index in [1.54, 1.807) is 38.1 Å². The smallest absolute Gasteiger partial charge is 0.327 e. The van der Waals surface area contributed by atoms with Crippen molar-refractivity contribution in [2.75, 3.05) is 6.61 Å². The van der Waals surface area contributed by atoms with E-state index in [0.29, 0.717) is 11.1 Å². The summed E-state index contributed by atoms with van der Waals surface area (Å²) in [6.07, 6.45) is -1.25. The molecule has 0 bridgehead atoms. The molecule has 0 unspecified atom stereocenters. The molecule has 2 saturated heterocycles.